The number of rotatable bonds is 6. The second-order valence-corrected chi connectivity index (χ2v) is 8.41. The van der Waals surface area contributed by atoms with Crippen LogP contribution in [0.1, 0.15) is 26.5 Å². The van der Waals surface area contributed by atoms with Crippen LogP contribution in [0.25, 0.3) is 10.2 Å². The molecule has 0 aliphatic rings. The Bertz CT molecular complexity index is 1260. The highest BCUT2D eigenvalue weighted by atomic mass is 35.5. The summed E-state index contributed by atoms with van der Waals surface area (Å²) in [5, 5.41) is 8.22. The zero-order chi connectivity index (χ0) is 22.0. The molecular weight excluding hydrogens is 436 g/mol. The van der Waals surface area contributed by atoms with Gasteiger partial charge in [-0.05, 0) is 37.6 Å². The predicted molar refractivity (Wildman–Crippen MR) is 121 cm³/mol. The SMILES string of the molecule is Cc1ccc(Cn2nc(C)c3cc(C(=O)OCC(=O)Nc4cccnc4Cl)sc32)cc1. The number of hydrogen-bond acceptors (Lipinski definition) is 6. The lowest BCUT2D eigenvalue weighted by atomic mass is 10.1. The Kier molecular flexibility index (Phi) is 6.01. The number of aryl methyl sites for hydroxylation is 2. The van der Waals surface area contributed by atoms with Crippen molar-refractivity contribution < 1.29 is 14.3 Å². The maximum absolute atomic E-state index is 12.5. The number of hydrogen-bond donors (Lipinski definition) is 1. The van der Waals surface area contributed by atoms with E-state index in [1.807, 2.05) is 18.5 Å². The summed E-state index contributed by atoms with van der Waals surface area (Å²) < 4.78 is 7.06. The van der Waals surface area contributed by atoms with Crippen LogP contribution < -0.4 is 5.32 Å². The third-order valence-corrected chi connectivity index (χ3v) is 6.06. The molecule has 4 rings (SSSR count). The van der Waals surface area contributed by atoms with Crippen molar-refractivity contribution in [2.24, 2.45) is 0 Å². The largest absolute Gasteiger partial charge is 0.451 e. The van der Waals surface area contributed by atoms with E-state index in [9.17, 15) is 9.59 Å². The number of nitrogens with one attached hydrogen (secondary N) is 1. The van der Waals surface area contributed by atoms with Gasteiger partial charge in [0.1, 0.15) is 9.71 Å². The molecule has 3 aromatic heterocycles. The van der Waals surface area contributed by atoms with Gasteiger partial charge in [-0.1, -0.05) is 41.4 Å². The van der Waals surface area contributed by atoms with Gasteiger partial charge < -0.3 is 10.1 Å². The fourth-order valence-electron chi connectivity index (χ4n) is 3.05. The summed E-state index contributed by atoms with van der Waals surface area (Å²) >= 11 is 7.21. The van der Waals surface area contributed by atoms with Crippen molar-refractivity contribution in [2.45, 2.75) is 20.4 Å². The third-order valence-electron chi connectivity index (χ3n) is 4.63. The molecule has 0 radical (unpaired) electrons. The van der Waals surface area contributed by atoms with Crippen molar-refractivity contribution in [3.8, 4) is 0 Å². The molecule has 158 valence electrons. The van der Waals surface area contributed by atoms with Crippen LogP contribution in [0.2, 0.25) is 5.15 Å². The van der Waals surface area contributed by atoms with Gasteiger partial charge in [0.15, 0.2) is 11.8 Å². The van der Waals surface area contributed by atoms with E-state index in [-0.39, 0.29) is 5.15 Å². The topological polar surface area (TPSA) is 86.1 Å². The van der Waals surface area contributed by atoms with Crippen molar-refractivity contribution in [1.29, 1.82) is 0 Å². The van der Waals surface area contributed by atoms with Gasteiger partial charge in [0.25, 0.3) is 5.91 Å². The fourth-order valence-corrected chi connectivity index (χ4v) is 4.28. The number of carbonyl (C=O) groups excluding carboxylic acids is 2. The number of nitrogens with zero attached hydrogens (tertiary/aromatic N) is 3. The molecule has 0 aliphatic carbocycles. The van der Waals surface area contributed by atoms with E-state index in [4.69, 9.17) is 16.3 Å². The minimum Gasteiger partial charge on any atom is -0.451 e. The average molecular weight is 455 g/mol. The zero-order valence-corrected chi connectivity index (χ0v) is 18.5. The van der Waals surface area contributed by atoms with Crippen LogP contribution in [0.5, 0.6) is 0 Å². The van der Waals surface area contributed by atoms with Gasteiger partial charge in [-0.2, -0.15) is 5.10 Å². The van der Waals surface area contributed by atoms with Gasteiger partial charge in [0, 0.05) is 11.6 Å². The van der Waals surface area contributed by atoms with Gasteiger partial charge in [-0.25, -0.2) is 9.78 Å². The van der Waals surface area contributed by atoms with Crippen molar-refractivity contribution >= 4 is 50.7 Å². The van der Waals surface area contributed by atoms with E-state index < -0.39 is 18.5 Å². The summed E-state index contributed by atoms with van der Waals surface area (Å²) in [6, 6.07) is 13.3. The van der Waals surface area contributed by atoms with Crippen LogP contribution >= 0.6 is 22.9 Å². The Morgan fingerprint density at radius 3 is 2.71 bits per heavy atom. The molecule has 31 heavy (non-hydrogen) atoms. The molecule has 1 amide bonds. The lowest BCUT2D eigenvalue weighted by Gasteiger charge is -2.06. The molecular formula is C22H19ClN4O3S. The van der Waals surface area contributed by atoms with Gasteiger partial charge in [0.05, 0.1) is 17.9 Å². The molecule has 4 aromatic rings. The van der Waals surface area contributed by atoms with Crippen LogP contribution in [-0.2, 0) is 16.1 Å². The minimum atomic E-state index is -0.560. The summed E-state index contributed by atoms with van der Waals surface area (Å²) in [5.41, 5.74) is 3.51. The number of carbonyl (C=O) groups is 2. The number of anilines is 1. The molecule has 3 heterocycles. The molecule has 7 nitrogen and oxygen atoms in total. The number of halogens is 1. The quantitative estimate of drug-likeness (QED) is 0.339. The molecule has 0 unspecified atom stereocenters. The van der Waals surface area contributed by atoms with Crippen LogP contribution in [0, 0.1) is 13.8 Å². The molecule has 0 fully saturated rings. The Labute approximate surface area is 187 Å². The summed E-state index contributed by atoms with van der Waals surface area (Å²) in [4.78, 5) is 29.8. The maximum Gasteiger partial charge on any atom is 0.348 e. The molecule has 1 N–H and O–H groups in total. The highest BCUT2D eigenvalue weighted by Gasteiger charge is 2.18. The molecule has 9 heteroatoms. The van der Waals surface area contributed by atoms with E-state index in [2.05, 4.69) is 39.7 Å². The van der Waals surface area contributed by atoms with Gasteiger partial charge in [0.2, 0.25) is 0 Å². The lowest BCUT2D eigenvalue weighted by molar-refractivity contribution is -0.119. The van der Waals surface area contributed by atoms with Gasteiger partial charge in [-0.3, -0.25) is 9.48 Å². The summed E-state index contributed by atoms with van der Waals surface area (Å²) in [6.45, 7) is 4.13. The van der Waals surface area contributed by atoms with Crippen LogP contribution in [0.15, 0.2) is 48.7 Å². The minimum absolute atomic E-state index is 0.167. The number of ether oxygens (including phenoxy) is 1. The normalized spacial score (nSPS) is 10.9. The number of fused-ring (bicyclic) bond motifs is 1. The van der Waals surface area contributed by atoms with Crippen molar-refractivity contribution in [3.63, 3.8) is 0 Å². The second kappa shape index (κ2) is 8.87. The molecule has 0 saturated carbocycles. The van der Waals surface area contributed by atoms with E-state index in [1.165, 1.54) is 23.1 Å². The van der Waals surface area contributed by atoms with Crippen LogP contribution in [0.4, 0.5) is 5.69 Å². The highest BCUT2D eigenvalue weighted by Crippen LogP contribution is 2.29. The first-order valence-electron chi connectivity index (χ1n) is 9.50. The Morgan fingerprint density at radius 1 is 1.19 bits per heavy atom. The first-order valence-corrected chi connectivity index (χ1v) is 10.7. The van der Waals surface area contributed by atoms with E-state index in [0.717, 1.165) is 21.5 Å². The van der Waals surface area contributed by atoms with Crippen LogP contribution in [0.3, 0.4) is 0 Å². The molecule has 0 atom stereocenters. The second-order valence-electron chi connectivity index (χ2n) is 7.02. The lowest BCUT2D eigenvalue weighted by Crippen LogP contribution is -2.20. The Morgan fingerprint density at radius 2 is 1.97 bits per heavy atom. The van der Waals surface area contributed by atoms with Gasteiger partial charge in [-0.15, -0.1) is 11.3 Å². The van der Waals surface area contributed by atoms with E-state index in [0.29, 0.717) is 17.1 Å². The smallest absolute Gasteiger partial charge is 0.348 e. The zero-order valence-electron chi connectivity index (χ0n) is 16.9. The van der Waals surface area contributed by atoms with Crippen LogP contribution in [-0.4, -0.2) is 33.2 Å². The van der Waals surface area contributed by atoms with Crippen molar-refractivity contribution in [2.75, 3.05) is 11.9 Å². The number of thiophene rings is 1. The fraction of sp³-hybridized carbons (Fsp3) is 0.182. The average Bonchev–Trinajstić information content (AvgIpc) is 3.31. The monoisotopic (exact) mass is 454 g/mol. The Hall–Kier alpha value is -3.23. The Balaban J connectivity index is 1.44. The number of pyridine rings is 1. The first-order chi connectivity index (χ1) is 14.9. The molecule has 0 spiro atoms. The predicted octanol–water partition coefficient (Wildman–Crippen LogP) is 4.61. The van der Waals surface area contributed by atoms with E-state index in [1.54, 1.807) is 18.2 Å². The summed E-state index contributed by atoms with van der Waals surface area (Å²) in [6.07, 6.45) is 1.52. The molecule has 0 bridgehead atoms. The standard InChI is InChI=1S/C22H19ClN4O3S/c1-13-5-7-15(8-6-13)11-27-21-16(14(2)26-27)10-18(31-21)22(29)30-12-19(28)25-17-4-3-9-24-20(17)23/h3-10H,11-12H2,1-2H3,(H,25,28). The number of aromatic nitrogens is 3. The summed E-state index contributed by atoms with van der Waals surface area (Å²) in [5.74, 6) is -1.05. The van der Waals surface area contributed by atoms with E-state index >= 15 is 0 Å². The maximum atomic E-state index is 12.5. The first kappa shape index (κ1) is 21.0. The molecule has 0 aliphatic heterocycles. The number of amides is 1. The molecule has 0 saturated heterocycles. The third kappa shape index (κ3) is 4.76. The molecule has 1 aromatic carbocycles. The van der Waals surface area contributed by atoms with Gasteiger partial charge >= 0.3 is 5.97 Å². The number of esters is 1. The highest BCUT2D eigenvalue weighted by molar-refractivity contribution is 7.20. The summed E-state index contributed by atoms with van der Waals surface area (Å²) in [7, 11) is 0. The van der Waals surface area contributed by atoms with Crippen molar-refractivity contribution in [1.82, 2.24) is 14.8 Å². The van der Waals surface area contributed by atoms with Crippen molar-refractivity contribution in [3.05, 3.63) is 75.5 Å². The number of benzene rings is 1.